The molecule has 0 aromatic heterocycles. The minimum absolute atomic E-state index is 0.287. The summed E-state index contributed by atoms with van der Waals surface area (Å²) in [6.07, 6.45) is 10.6. The maximum Gasteiger partial charge on any atom is 0.0685 e. The maximum atomic E-state index is 6.19. The van der Waals surface area contributed by atoms with Crippen LogP contribution in [0, 0.1) is 17.8 Å². The molecule has 3 aliphatic rings. The third kappa shape index (κ3) is 2.15. The van der Waals surface area contributed by atoms with Crippen molar-refractivity contribution in [2.45, 2.75) is 69.9 Å². The molecule has 1 saturated heterocycles. The predicted molar refractivity (Wildman–Crippen MR) is 69.7 cm³/mol. The lowest BCUT2D eigenvalue weighted by atomic mass is 9.74. The zero-order chi connectivity index (χ0) is 11.9. The van der Waals surface area contributed by atoms with Crippen LogP contribution in [0.5, 0.6) is 0 Å². The van der Waals surface area contributed by atoms with Gasteiger partial charge in [0, 0.05) is 12.6 Å². The van der Waals surface area contributed by atoms with Crippen LogP contribution in [0.15, 0.2) is 0 Å². The van der Waals surface area contributed by atoms with Crippen molar-refractivity contribution in [3.63, 3.8) is 0 Å². The van der Waals surface area contributed by atoms with Gasteiger partial charge in [0.1, 0.15) is 0 Å². The predicted octanol–water partition coefficient (Wildman–Crippen LogP) is 3.10. The molecule has 4 atom stereocenters. The lowest BCUT2D eigenvalue weighted by Gasteiger charge is -2.41. The fourth-order valence-electron chi connectivity index (χ4n) is 4.69. The first-order valence-electron chi connectivity index (χ1n) is 7.60. The number of hydrogen-bond acceptors (Lipinski definition) is 2. The van der Waals surface area contributed by atoms with Crippen molar-refractivity contribution >= 4 is 0 Å². The van der Waals surface area contributed by atoms with Crippen molar-refractivity contribution in [3.05, 3.63) is 0 Å². The summed E-state index contributed by atoms with van der Waals surface area (Å²) in [7, 11) is 0. The zero-order valence-corrected chi connectivity index (χ0v) is 11.2. The molecule has 2 aliphatic carbocycles. The molecule has 2 saturated carbocycles. The van der Waals surface area contributed by atoms with E-state index in [-0.39, 0.29) is 5.60 Å². The molecule has 0 radical (unpaired) electrons. The third-order valence-electron chi connectivity index (χ3n) is 5.84. The molecule has 17 heavy (non-hydrogen) atoms. The van der Waals surface area contributed by atoms with E-state index in [1.165, 1.54) is 51.4 Å². The fourth-order valence-corrected chi connectivity index (χ4v) is 4.69. The molecule has 1 aliphatic heterocycles. The summed E-state index contributed by atoms with van der Waals surface area (Å²) >= 11 is 0. The van der Waals surface area contributed by atoms with E-state index in [9.17, 15) is 0 Å². The summed E-state index contributed by atoms with van der Waals surface area (Å²) < 4.78 is 6.15. The Balaban J connectivity index is 1.67. The molecular formula is C15H27NO. The van der Waals surface area contributed by atoms with Crippen LogP contribution < -0.4 is 5.73 Å². The van der Waals surface area contributed by atoms with E-state index >= 15 is 0 Å². The van der Waals surface area contributed by atoms with Gasteiger partial charge in [-0.15, -0.1) is 0 Å². The van der Waals surface area contributed by atoms with E-state index in [0.29, 0.717) is 6.04 Å². The second kappa shape index (κ2) is 4.55. The Morgan fingerprint density at radius 2 is 1.88 bits per heavy atom. The van der Waals surface area contributed by atoms with Crippen LogP contribution in [0.4, 0.5) is 0 Å². The van der Waals surface area contributed by atoms with Crippen LogP contribution in [-0.4, -0.2) is 18.2 Å². The lowest BCUT2D eigenvalue weighted by molar-refractivity contribution is -0.104. The van der Waals surface area contributed by atoms with Gasteiger partial charge in [0.05, 0.1) is 5.60 Å². The normalized spacial score (nSPS) is 45.5. The van der Waals surface area contributed by atoms with Gasteiger partial charge in [0.15, 0.2) is 0 Å². The van der Waals surface area contributed by atoms with E-state index < -0.39 is 0 Å². The second-order valence-corrected chi connectivity index (χ2v) is 6.76. The summed E-state index contributed by atoms with van der Waals surface area (Å²) in [6, 6.07) is 0.461. The highest BCUT2D eigenvalue weighted by atomic mass is 16.5. The highest BCUT2D eigenvalue weighted by Crippen LogP contribution is 2.48. The molecule has 1 heterocycles. The quantitative estimate of drug-likeness (QED) is 0.760. The molecule has 2 N–H and O–H groups in total. The van der Waals surface area contributed by atoms with Crippen LogP contribution in [-0.2, 0) is 4.74 Å². The highest BCUT2D eigenvalue weighted by molar-refractivity contribution is 4.96. The Bertz CT molecular complexity index is 272. The van der Waals surface area contributed by atoms with Crippen molar-refractivity contribution in [1.82, 2.24) is 0 Å². The monoisotopic (exact) mass is 237 g/mol. The van der Waals surface area contributed by atoms with Crippen LogP contribution >= 0.6 is 0 Å². The van der Waals surface area contributed by atoms with Gasteiger partial charge in [-0.1, -0.05) is 19.8 Å². The van der Waals surface area contributed by atoms with Gasteiger partial charge in [0.25, 0.3) is 0 Å². The topological polar surface area (TPSA) is 35.2 Å². The van der Waals surface area contributed by atoms with Gasteiger partial charge in [-0.25, -0.2) is 0 Å². The summed E-state index contributed by atoms with van der Waals surface area (Å²) in [5.41, 5.74) is 6.48. The standard InChI is InChI=1S/C15H27NO/c1-11-13(4-5-14(11)16)12-6-9-17-15(10-12)7-2-3-8-15/h11-14H,2-10,16H2,1H3. The average molecular weight is 237 g/mol. The molecular weight excluding hydrogens is 210 g/mol. The Kier molecular flexibility index (Phi) is 3.20. The maximum absolute atomic E-state index is 6.19. The Hall–Kier alpha value is -0.0800. The minimum Gasteiger partial charge on any atom is -0.375 e. The number of rotatable bonds is 1. The third-order valence-corrected chi connectivity index (χ3v) is 5.84. The molecule has 2 heteroatoms. The highest BCUT2D eigenvalue weighted by Gasteiger charge is 2.44. The van der Waals surface area contributed by atoms with E-state index in [4.69, 9.17) is 10.5 Å². The largest absolute Gasteiger partial charge is 0.375 e. The van der Waals surface area contributed by atoms with Crippen LogP contribution in [0.3, 0.4) is 0 Å². The van der Waals surface area contributed by atoms with Gasteiger partial charge in [-0.2, -0.15) is 0 Å². The van der Waals surface area contributed by atoms with E-state index in [0.717, 1.165) is 24.4 Å². The number of ether oxygens (including phenoxy) is 1. The molecule has 0 aromatic rings. The van der Waals surface area contributed by atoms with Crippen molar-refractivity contribution in [2.24, 2.45) is 23.5 Å². The fraction of sp³-hybridized carbons (Fsp3) is 1.00. The number of hydrogen-bond donors (Lipinski definition) is 1. The Labute approximate surface area is 105 Å². The van der Waals surface area contributed by atoms with E-state index in [1.54, 1.807) is 0 Å². The molecule has 4 unspecified atom stereocenters. The zero-order valence-electron chi connectivity index (χ0n) is 11.2. The summed E-state index contributed by atoms with van der Waals surface area (Å²) in [6.45, 7) is 3.38. The molecule has 2 nitrogen and oxygen atoms in total. The van der Waals surface area contributed by atoms with Crippen LogP contribution in [0.25, 0.3) is 0 Å². The molecule has 0 aromatic carbocycles. The SMILES string of the molecule is CC1C(N)CCC1C1CCOC2(CCCC2)C1. The smallest absolute Gasteiger partial charge is 0.0685 e. The van der Waals surface area contributed by atoms with Crippen molar-refractivity contribution < 1.29 is 4.74 Å². The summed E-state index contributed by atoms with van der Waals surface area (Å²) in [5, 5.41) is 0. The van der Waals surface area contributed by atoms with Gasteiger partial charge < -0.3 is 10.5 Å². The summed E-state index contributed by atoms with van der Waals surface area (Å²) in [4.78, 5) is 0. The molecule has 1 spiro atoms. The second-order valence-electron chi connectivity index (χ2n) is 6.76. The van der Waals surface area contributed by atoms with Crippen LogP contribution in [0.2, 0.25) is 0 Å². The van der Waals surface area contributed by atoms with Gasteiger partial charge in [-0.05, 0) is 56.3 Å². The average Bonchev–Trinajstić information content (AvgIpc) is 2.89. The lowest BCUT2D eigenvalue weighted by Crippen LogP contribution is -2.41. The Morgan fingerprint density at radius 3 is 2.53 bits per heavy atom. The molecule has 3 fully saturated rings. The molecule has 0 bridgehead atoms. The molecule has 98 valence electrons. The van der Waals surface area contributed by atoms with E-state index in [2.05, 4.69) is 6.92 Å². The van der Waals surface area contributed by atoms with E-state index in [1.807, 2.05) is 0 Å². The first-order chi connectivity index (χ1) is 8.20. The first kappa shape index (κ1) is 12.0. The van der Waals surface area contributed by atoms with Crippen LogP contribution in [0.1, 0.15) is 58.3 Å². The van der Waals surface area contributed by atoms with Gasteiger partial charge in [-0.3, -0.25) is 0 Å². The number of nitrogens with two attached hydrogens (primary N) is 1. The molecule has 0 amide bonds. The molecule has 3 rings (SSSR count). The van der Waals surface area contributed by atoms with Crippen molar-refractivity contribution in [3.8, 4) is 0 Å². The summed E-state index contributed by atoms with van der Waals surface area (Å²) in [5.74, 6) is 2.51. The Morgan fingerprint density at radius 1 is 1.12 bits per heavy atom. The minimum atomic E-state index is 0.287. The van der Waals surface area contributed by atoms with Crippen molar-refractivity contribution in [2.75, 3.05) is 6.61 Å². The van der Waals surface area contributed by atoms with Gasteiger partial charge in [0.2, 0.25) is 0 Å². The van der Waals surface area contributed by atoms with Gasteiger partial charge >= 0.3 is 0 Å². The van der Waals surface area contributed by atoms with Crippen molar-refractivity contribution in [1.29, 1.82) is 0 Å². The first-order valence-corrected chi connectivity index (χ1v) is 7.60.